The minimum atomic E-state index is -0.186. The normalized spacial score (nSPS) is 12.1. The molecule has 0 aromatic heterocycles. The number of hydrogen-bond donors (Lipinski definition) is 1. The Balaban J connectivity index is 2.43. The second-order valence-electron chi connectivity index (χ2n) is 4.67. The third-order valence-corrected chi connectivity index (χ3v) is 3.29. The Labute approximate surface area is 124 Å². The Morgan fingerprint density at radius 1 is 1.10 bits per heavy atom. The first-order valence-electron chi connectivity index (χ1n) is 6.39. The van der Waals surface area contributed by atoms with Gasteiger partial charge in [-0.05, 0) is 49.7 Å². The van der Waals surface area contributed by atoms with Gasteiger partial charge in [0.25, 0.3) is 0 Å². The summed E-state index contributed by atoms with van der Waals surface area (Å²) in [6.07, 6.45) is 0. The van der Waals surface area contributed by atoms with E-state index in [2.05, 4.69) is 0 Å². The van der Waals surface area contributed by atoms with E-state index in [0.29, 0.717) is 10.8 Å². The van der Waals surface area contributed by atoms with E-state index in [0.717, 1.165) is 22.6 Å². The maximum Gasteiger partial charge on any atom is 0.135 e. The summed E-state index contributed by atoms with van der Waals surface area (Å²) in [7, 11) is 1.62. The van der Waals surface area contributed by atoms with Crippen LogP contribution in [0.2, 0.25) is 5.02 Å². The van der Waals surface area contributed by atoms with E-state index in [1.165, 1.54) is 0 Å². The van der Waals surface area contributed by atoms with Crippen LogP contribution in [0.1, 0.15) is 24.1 Å². The van der Waals surface area contributed by atoms with Crippen LogP contribution in [0.4, 0.5) is 0 Å². The highest BCUT2D eigenvalue weighted by Crippen LogP contribution is 2.36. The first-order chi connectivity index (χ1) is 9.52. The smallest absolute Gasteiger partial charge is 0.135 e. The third-order valence-electron chi connectivity index (χ3n) is 3.06. The van der Waals surface area contributed by atoms with Gasteiger partial charge in [-0.1, -0.05) is 17.7 Å². The zero-order valence-electron chi connectivity index (χ0n) is 11.8. The molecule has 0 aliphatic rings. The number of rotatable bonds is 4. The molecule has 0 aliphatic carbocycles. The van der Waals surface area contributed by atoms with Crippen LogP contribution in [0, 0.1) is 6.92 Å². The monoisotopic (exact) mass is 291 g/mol. The molecule has 0 saturated carbocycles. The average molecular weight is 292 g/mol. The summed E-state index contributed by atoms with van der Waals surface area (Å²) < 4.78 is 11.3. The van der Waals surface area contributed by atoms with Crippen LogP contribution >= 0.6 is 11.6 Å². The van der Waals surface area contributed by atoms with Crippen molar-refractivity contribution in [1.29, 1.82) is 0 Å². The molecule has 20 heavy (non-hydrogen) atoms. The molecular weight excluding hydrogens is 274 g/mol. The molecule has 2 aromatic rings. The van der Waals surface area contributed by atoms with Crippen LogP contribution in [-0.4, -0.2) is 7.11 Å². The Morgan fingerprint density at radius 3 is 2.40 bits per heavy atom. The summed E-state index contributed by atoms with van der Waals surface area (Å²) in [6.45, 7) is 3.85. The molecule has 0 spiro atoms. The lowest BCUT2D eigenvalue weighted by molar-refractivity contribution is 0.397. The lowest BCUT2D eigenvalue weighted by atomic mass is 10.1. The predicted octanol–water partition coefficient (Wildman–Crippen LogP) is 4.47. The molecule has 106 valence electrons. The molecule has 3 nitrogen and oxygen atoms in total. The second kappa shape index (κ2) is 6.16. The predicted molar refractivity (Wildman–Crippen MR) is 81.9 cm³/mol. The van der Waals surface area contributed by atoms with Gasteiger partial charge in [0.15, 0.2) is 0 Å². The average Bonchev–Trinajstić information content (AvgIpc) is 2.41. The van der Waals surface area contributed by atoms with Crippen LogP contribution in [0.25, 0.3) is 0 Å². The molecule has 2 aromatic carbocycles. The number of benzene rings is 2. The molecule has 0 amide bonds. The van der Waals surface area contributed by atoms with Crippen molar-refractivity contribution >= 4 is 11.6 Å². The summed E-state index contributed by atoms with van der Waals surface area (Å²) in [6, 6.07) is 11.0. The lowest BCUT2D eigenvalue weighted by Crippen LogP contribution is -2.08. The summed E-state index contributed by atoms with van der Waals surface area (Å²) in [5.74, 6) is 2.18. The molecule has 0 unspecified atom stereocenters. The summed E-state index contributed by atoms with van der Waals surface area (Å²) >= 11 is 5.95. The fraction of sp³-hybridized carbons (Fsp3) is 0.250. The highest BCUT2D eigenvalue weighted by atomic mass is 35.5. The molecular formula is C16H18ClNO2. The zero-order chi connectivity index (χ0) is 14.7. The van der Waals surface area contributed by atoms with Gasteiger partial charge in [0, 0.05) is 11.1 Å². The topological polar surface area (TPSA) is 44.5 Å². The van der Waals surface area contributed by atoms with E-state index < -0.39 is 0 Å². The number of methoxy groups -OCH3 is 1. The van der Waals surface area contributed by atoms with Crippen LogP contribution in [0.3, 0.4) is 0 Å². The number of aryl methyl sites for hydroxylation is 1. The van der Waals surface area contributed by atoms with Gasteiger partial charge in [-0.3, -0.25) is 0 Å². The molecule has 0 bridgehead atoms. The molecule has 2 N–H and O–H groups in total. The Morgan fingerprint density at radius 2 is 1.80 bits per heavy atom. The summed E-state index contributed by atoms with van der Waals surface area (Å²) in [5.41, 5.74) is 7.85. The Bertz CT molecular complexity index is 611. The number of halogens is 1. The van der Waals surface area contributed by atoms with Crippen molar-refractivity contribution in [3.63, 3.8) is 0 Å². The molecule has 0 heterocycles. The van der Waals surface area contributed by atoms with E-state index >= 15 is 0 Å². The summed E-state index contributed by atoms with van der Waals surface area (Å²) in [5, 5.41) is 0.688. The first kappa shape index (κ1) is 14.7. The maximum absolute atomic E-state index is 6.03. The van der Waals surface area contributed by atoms with Gasteiger partial charge in [-0.25, -0.2) is 0 Å². The number of hydrogen-bond acceptors (Lipinski definition) is 3. The van der Waals surface area contributed by atoms with Crippen molar-refractivity contribution < 1.29 is 9.47 Å². The van der Waals surface area contributed by atoms with Crippen LogP contribution < -0.4 is 15.2 Å². The lowest BCUT2D eigenvalue weighted by Gasteiger charge is -2.18. The highest BCUT2D eigenvalue weighted by molar-refractivity contribution is 6.30. The SMILES string of the molecule is COc1cccc(Oc2ccc(Cl)cc2C)c1[C@@H](C)N. The van der Waals surface area contributed by atoms with Crippen molar-refractivity contribution in [2.75, 3.05) is 7.11 Å². The van der Waals surface area contributed by atoms with Crippen molar-refractivity contribution in [1.82, 2.24) is 0 Å². The minimum absolute atomic E-state index is 0.186. The standard InChI is InChI=1S/C16H18ClNO2/c1-10-9-12(17)7-8-13(10)20-15-6-4-5-14(19-3)16(15)11(2)18/h4-9,11H,18H2,1-3H3/t11-/m1/s1. The van der Waals surface area contributed by atoms with Gasteiger partial charge in [-0.15, -0.1) is 0 Å². The number of nitrogens with two attached hydrogens (primary N) is 1. The van der Waals surface area contributed by atoms with E-state index in [9.17, 15) is 0 Å². The fourth-order valence-electron chi connectivity index (χ4n) is 2.09. The molecule has 1 atom stereocenters. The van der Waals surface area contributed by atoms with Gasteiger partial charge in [0.05, 0.1) is 12.7 Å². The first-order valence-corrected chi connectivity index (χ1v) is 6.77. The Hall–Kier alpha value is -1.71. The zero-order valence-corrected chi connectivity index (χ0v) is 12.6. The fourth-order valence-corrected chi connectivity index (χ4v) is 2.31. The van der Waals surface area contributed by atoms with Crippen LogP contribution in [-0.2, 0) is 0 Å². The second-order valence-corrected chi connectivity index (χ2v) is 5.11. The molecule has 4 heteroatoms. The van der Waals surface area contributed by atoms with Crippen molar-refractivity contribution in [3.8, 4) is 17.2 Å². The van der Waals surface area contributed by atoms with E-state index in [-0.39, 0.29) is 6.04 Å². The van der Waals surface area contributed by atoms with Crippen molar-refractivity contribution in [2.45, 2.75) is 19.9 Å². The molecule has 2 rings (SSSR count). The number of ether oxygens (including phenoxy) is 2. The van der Waals surface area contributed by atoms with Gasteiger partial charge >= 0.3 is 0 Å². The molecule has 0 saturated heterocycles. The van der Waals surface area contributed by atoms with Gasteiger partial charge < -0.3 is 15.2 Å². The van der Waals surface area contributed by atoms with Crippen LogP contribution in [0.15, 0.2) is 36.4 Å². The highest BCUT2D eigenvalue weighted by Gasteiger charge is 2.15. The largest absolute Gasteiger partial charge is 0.496 e. The van der Waals surface area contributed by atoms with Crippen LogP contribution in [0.5, 0.6) is 17.2 Å². The molecule has 0 radical (unpaired) electrons. The molecule has 0 fully saturated rings. The summed E-state index contributed by atoms with van der Waals surface area (Å²) in [4.78, 5) is 0. The van der Waals surface area contributed by atoms with Crippen molar-refractivity contribution in [2.24, 2.45) is 5.73 Å². The van der Waals surface area contributed by atoms with E-state index in [1.807, 2.05) is 44.2 Å². The van der Waals surface area contributed by atoms with Gasteiger partial charge in [-0.2, -0.15) is 0 Å². The van der Waals surface area contributed by atoms with Gasteiger partial charge in [0.2, 0.25) is 0 Å². The maximum atomic E-state index is 6.03. The Kier molecular flexibility index (Phi) is 4.53. The third kappa shape index (κ3) is 3.06. The van der Waals surface area contributed by atoms with Gasteiger partial charge in [0.1, 0.15) is 17.2 Å². The van der Waals surface area contributed by atoms with E-state index in [4.69, 9.17) is 26.8 Å². The van der Waals surface area contributed by atoms with E-state index in [1.54, 1.807) is 13.2 Å². The molecule has 0 aliphatic heterocycles. The quantitative estimate of drug-likeness (QED) is 0.904. The minimum Gasteiger partial charge on any atom is -0.496 e. The van der Waals surface area contributed by atoms with Crippen molar-refractivity contribution in [3.05, 3.63) is 52.5 Å².